The Morgan fingerprint density at radius 3 is 2.47 bits per heavy atom. The van der Waals surface area contributed by atoms with Crippen molar-refractivity contribution in [2.75, 3.05) is 13.6 Å². The Kier molecular flexibility index (Phi) is 6.05. The quantitative estimate of drug-likeness (QED) is 0.373. The van der Waals surface area contributed by atoms with Gasteiger partial charge in [0, 0.05) is 40.1 Å². The lowest BCUT2D eigenvalue weighted by Crippen LogP contribution is -2.27. The Morgan fingerprint density at radius 1 is 0.967 bits per heavy atom. The maximum atomic E-state index is 12.9. The second-order valence-electron chi connectivity index (χ2n) is 7.64. The van der Waals surface area contributed by atoms with Crippen LogP contribution in [0.2, 0.25) is 0 Å². The maximum Gasteiger partial charge on any atom is 0.253 e. The number of unbranched alkanes of at least 4 members (excludes halogenated alkanes) is 1. The lowest BCUT2D eigenvalue weighted by Gasteiger charge is -2.17. The molecule has 3 aromatic carbocycles. The van der Waals surface area contributed by atoms with Gasteiger partial charge >= 0.3 is 0 Å². The molecule has 0 saturated heterocycles. The monoisotopic (exact) mass is 414 g/mol. The Balaban J connectivity index is 1.82. The summed E-state index contributed by atoms with van der Waals surface area (Å²) < 4.78 is 0. The fourth-order valence-corrected chi connectivity index (χ4v) is 4.64. The highest BCUT2D eigenvalue weighted by Gasteiger charge is 2.21. The zero-order valence-corrected chi connectivity index (χ0v) is 18.5. The molecule has 4 rings (SSSR count). The van der Waals surface area contributed by atoms with E-state index in [1.165, 1.54) is 10.5 Å². The Morgan fingerprint density at radius 2 is 1.70 bits per heavy atom. The van der Waals surface area contributed by atoms with Crippen molar-refractivity contribution in [3.63, 3.8) is 0 Å². The van der Waals surface area contributed by atoms with Crippen molar-refractivity contribution in [3.05, 3.63) is 89.0 Å². The predicted octanol–water partition coefficient (Wildman–Crippen LogP) is 6.50. The number of benzene rings is 3. The average Bonchev–Trinajstić information content (AvgIpc) is 2.93. The number of aryl methyl sites for hydroxylation is 1. The molecule has 0 aromatic heterocycles. The lowest BCUT2D eigenvalue weighted by atomic mass is 9.98. The van der Waals surface area contributed by atoms with Crippen molar-refractivity contribution in [3.8, 4) is 0 Å². The molecule has 1 aliphatic rings. The minimum atomic E-state index is 0.0469. The van der Waals surface area contributed by atoms with Gasteiger partial charge in [-0.25, -0.2) is 4.99 Å². The summed E-state index contributed by atoms with van der Waals surface area (Å²) in [4.78, 5) is 22.1. The van der Waals surface area contributed by atoms with Gasteiger partial charge < -0.3 is 4.90 Å². The summed E-state index contributed by atoms with van der Waals surface area (Å²) in [5, 5.41) is 0. The summed E-state index contributed by atoms with van der Waals surface area (Å²) in [6.07, 6.45) is 2.08. The molecule has 0 atom stereocenters. The number of aliphatic imine (C=N–C) groups is 1. The average molecular weight is 415 g/mol. The molecule has 4 heteroatoms. The van der Waals surface area contributed by atoms with Crippen LogP contribution in [0.5, 0.6) is 0 Å². The molecular weight excluding hydrogens is 388 g/mol. The van der Waals surface area contributed by atoms with Gasteiger partial charge in [0.25, 0.3) is 5.91 Å². The molecule has 0 radical (unpaired) electrons. The zero-order valence-electron chi connectivity index (χ0n) is 17.7. The first kappa shape index (κ1) is 20.4. The van der Waals surface area contributed by atoms with Crippen LogP contribution in [-0.4, -0.2) is 30.1 Å². The fourth-order valence-electron chi connectivity index (χ4n) is 3.64. The number of carbonyl (C=O) groups excluding carboxylic acids is 1. The van der Waals surface area contributed by atoms with Crippen LogP contribution < -0.4 is 0 Å². The Bertz CT molecular complexity index is 1120. The molecule has 1 amide bonds. The first-order valence-electron chi connectivity index (χ1n) is 10.4. The summed E-state index contributed by atoms with van der Waals surface area (Å²) in [6.45, 7) is 5.02. The molecule has 0 aliphatic carbocycles. The van der Waals surface area contributed by atoms with Gasteiger partial charge in [-0.05, 0) is 43.2 Å². The molecule has 1 heterocycles. The number of amides is 1. The van der Waals surface area contributed by atoms with Gasteiger partial charge in [-0.1, -0.05) is 67.6 Å². The van der Waals surface area contributed by atoms with Gasteiger partial charge in [-0.15, -0.1) is 0 Å². The van der Waals surface area contributed by atoms with Gasteiger partial charge in [-0.3, -0.25) is 4.79 Å². The first-order valence-corrected chi connectivity index (χ1v) is 11.2. The van der Waals surface area contributed by atoms with E-state index in [2.05, 4.69) is 56.3 Å². The van der Waals surface area contributed by atoms with Crippen LogP contribution in [0.4, 0.5) is 5.69 Å². The van der Waals surface area contributed by atoms with Crippen molar-refractivity contribution in [2.24, 2.45) is 4.99 Å². The molecular formula is C26H26N2OS. The van der Waals surface area contributed by atoms with Gasteiger partial charge in [0.1, 0.15) is 0 Å². The van der Waals surface area contributed by atoms with Crippen LogP contribution >= 0.6 is 11.8 Å². The van der Waals surface area contributed by atoms with Gasteiger partial charge in [0.15, 0.2) is 0 Å². The smallest absolute Gasteiger partial charge is 0.253 e. The molecule has 0 fully saturated rings. The van der Waals surface area contributed by atoms with E-state index in [1.54, 1.807) is 16.7 Å². The van der Waals surface area contributed by atoms with Crippen LogP contribution in [0.1, 0.15) is 46.8 Å². The molecule has 0 unspecified atom stereocenters. The summed E-state index contributed by atoms with van der Waals surface area (Å²) in [5.74, 6) is 0.0469. The highest BCUT2D eigenvalue weighted by molar-refractivity contribution is 7.99. The molecule has 0 N–H and O–H groups in total. The number of hydrogen-bond donors (Lipinski definition) is 0. The number of fused-ring (bicyclic) bond motifs is 2. The molecule has 0 saturated carbocycles. The van der Waals surface area contributed by atoms with Crippen LogP contribution in [0, 0.1) is 6.92 Å². The topological polar surface area (TPSA) is 32.7 Å². The summed E-state index contributed by atoms with van der Waals surface area (Å²) in [6, 6.07) is 22.6. The van der Waals surface area contributed by atoms with Gasteiger partial charge in [-0.2, -0.15) is 0 Å². The number of carbonyl (C=O) groups is 1. The number of nitrogens with zero attached hydrogens (tertiary/aromatic N) is 2. The maximum absolute atomic E-state index is 12.9. The van der Waals surface area contributed by atoms with Crippen LogP contribution in [0.3, 0.4) is 0 Å². The van der Waals surface area contributed by atoms with Gasteiger partial charge in [0.2, 0.25) is 0 Å². The third kappa shape index (κ3) is 4.05. The van der Waals surface area contributed by atoms with E-state index >= 15 is 0 Å². The van der Waals surface area contributed by atoms with Crippen LogP contribution in [-0.2, 0) is 0 Å². The summed E-state index contributed by atoms with van der Waals surface area (Å²) >= 11 is 1.71. The minimum Gasteiger partial charge on any atom is -0.342 e. The van der Waals surface area contributed by atoms with Crippen molar-refractivity contribution < 1.29 is 4.79 Å². The van der Waals surface area contributed by atoms with Crippen LogP contribution in [0.15, 0.2) is 81.5 Å². The SMILES string of the molecule is CCCCN(C)C(=O)c1ccc2c(c1)N=C(c1ccccc1C)c1ccccc1S2. The lowest BCUT2D eigenvalue weighted by molar-refractivity contribution is 0.0793. The van der Waals surface area contributed by atoms with E-state index in [0.29, 0.717) is 5.56 Å². The summed E-state index contributed by atoms with van der Waals surface area (Å²) in [7, 11) is 1.87. The molecule has 3 aromatic rings. The normalized spacial score (nSPS) is 12.4. The van der Waals surface area contributed by atoms with E-state index in [4.69, 9.17) is 4.99 Å². The highest BCUT2D eigenvalue weighted by atomic mass is 32.2. The molecule has 0 bridgehead atoms. The van der Waals surface area contributed by atoms with Crippen molar-refractivity contribution in [1.29, 1.82) is 0 Å². The van der Waals surface area contributed by atoms with E-state index in [1.807, 2.05) is 31.3 Å². The third-order valence-corrected chi connectivity index (χ3v) is 6.54. The Labute approximate surface area is 182 Å². The van der Waals surface area contributed by atoms with Crippen molar-refractivity contribution >= 4 is 29.1 Å². The van der Waals surface area contributed by atoms with E-state index in [-0.39, 0.29) is 5.91 Å². The van der Waals surface area contributed by atoms with E-state index in [0.717, 1.165) is 46.8 Å². The van der Waals surface area contributed by atoms with E-state index < -0.39 is 0 Å². The second kappa shape index (κ2) is 8.88. The fraction of sp³-hybridized carbons (Fsp3) is 0.231. The Hall–Kier alpha value is -2.85. The largest absolute Gasteiger partial charge is 0.342 e. The molecule has 30 heavy (non-hydrogen) atoms. The third-order valence-electron chi connectivity index (χ3n) is 5.39. The number of rotatable bonds is 5. The van der Waals surface area contributed by atoms with Crippen molar-refractivity contribution in [1.82, 2.24) is 4.90 Å². The number of hydrogen-bond acceptors (Lipinski definition) is 3. The minimum absolute atomic E-state index is 0.0469. The molecule has 3 nitrogen and oxygen atoms in total. The molecule has 1 aliphatic heterocycles. The first-order chi connectivity index (χ1) is 14.6. The zero-order chi connectivity index (χ0) is 21.1. The summed E-state index contributed by atoms with van der Waals surface area (Å²) in [5.41, 5.74) is 5.93. The second-order valence-corrected chi connectivity index (χ2v) is 8.72. The molecule has 152 valence electrons. The predicted molar refractivity (Wildman–Crippen MR) is 125 cm³/mol. The van der Waals surface area contributed by atoms with E-state index in [9.17, 15) is 4.79 Å². The highest BCUT2D eigenvalue weighted by Crippen LogP contribution is 2.42. The van der Waals surface area contributed by atoms with Crippen LogP contribution in [0.25, 0.3) is 0 Å². The molecule has 0 spiro atoms. The van der Waals surface area contributed by atoms with Crippen molar-refractivity contribution in [2.45, 2.75) is 36.5 Å². The van der Waals surface area contributed by atoms with Gasteiger partial charge in [0.05, 0.1) is 11.4 Å². The standard InChI is InChI=1S/C26H26N2OS/c1-4-5-16-28(3)26(29)19-14-15-24-22(17-19)27-25(20-11-7-6-10-18(20)2)21-12-8-9-13-23(21)30-24/h6-15,17H,4-5,16H2,1-3H3.